The van der Waals surface area contributed by atoms with Crippen molar-refractivity contribution in [3.63, 3.8) is 0 Å². The molecule has 25 heavy (non-hydrogen) atoms. The van der Waals surface area contributed by atoms with Gasteiger partial charge in [-0.25, -0.2) is 0 Å². The van der Waals surface area contributed by atoms with Crippen LogP contribution >= 0.6 is 24.0 Å². The molecule has 2 aromatic rings. The third-order valence-electron chi connectivity index (χ3n) is 3.78. The Bertz CT molecular complexity index is 791. The number of carbonyl (C=O) groups is 1. The Morgan fingerprint density at radius 1 is 1.24 bits per heavy atom. The predicted molar refractivity (Wildman–Crippen MR) is 104 cm³/mol. The number of anilines is 1. The molecule has 0 aliphatic carbocycles. The smallest absolute Gasteiger partial charge is 0.248 e. The monoisotopic (exact) mass is 376 g/mol. The molecule has 0 saturated heterocycles. The molecule has 0 unspecified atom stereocenters. The minimum absolute atomic E-state index is 0. The fourth-order valence-electron chi connectivity index (χ4n) is 2.70. The normalized spacial score (nSPS) is 13.2. The van der Waals surface area contributed by atoms with Crippen LogP contribution in [-0.2, 0) is 9.53 Å². The van der Waals surface area contributed by atoms with E-state index in [1.807, 2.05) is 42.5 Å². The van der Waals surface area contributed by atoms with Crippen LogP contribution in [0.4, 0.5) is 5.69 Å². The van der Waals surface area contributed by atoms with Crippen molar-refractivity contribution in [2.24, 2.45) is 4.99 Å². The first-order chi connectivity index (χ1) is 11.7. The second-order valence-electron chi connectivity index (χ2n) is 5.28. The lowest BCUT2D eigenvalue weighted by atomic mass is 10.0. The number of halogens is 2. The summed E-state index contributed by atoms with van der Waals surface area (Å²) in [5.74, 6) is -0.0721. The molecular formula is C19H18Cl2N2O2. The Hall–Kier alpha value is -2.30. The molecule has 0 bridgehead atoms. The molecule has 130 valence electrons. The van der Waals surface area contributed by atoms with Gasteiger partial charge in [-0.2, -0.15) is 0 Å². The summed E-state index contributed by atoms with van der Waals surface area (Å²) in [6, 6.07) is 15.3. The van der Waals surface area contributed by atoms with Crippen molar-refractivity contribution >= 4 is 41.3 Å². The molecule has 0 aromatic heterocycles. The highest BCUT2D eigenvalue weighted by molar-refractivity contribution is 6.32. The minimum atomic E-state index is -0.0721. The summed E-state index contributed by atoms with van der Waals surface area (Å²) in [5, 5.41) is 0.606. The van der Waals surface area contributed by atoms with Gasteiger partial charge in [0.05, 0.1) is 24.2 Å². The molecule has 1 heterocycles. The molecule has 2 aromatic carbocycles. The lowest BCUT2D eigenvalue weighted by Gasteiger charge is -2.23. The van der Waals surface area contributed by atoms with E-state index in [-0.39, 0.29) is 24.9 Å². The van der Waals surface area contributed by atoms with Crippen molar-refractivity contribution in [3.05, 3.63) is 77.5 Å². The van der Waals surface area contributed by atoms with Crippen LogP contribution in [0.1, 0.15) is 11.1 Å². The first-order valence-electron chi connectivity index (χ1n) is 7.63. The van der Waals surface area contributed by atoms with Crippen molar-refractivity contribution in [3.8, 4) is 0 Å². The van der Waals surface area contributed by atoms with E-state index in [0.717, 1.165) is 22.5 Å². The van der Waals surface area contributed by atoms with Crippen LogP contribution in [0.2, 0.25) is 5.02 Å². The van der Waals surface area contributed by atoms with Crippen molar-refractivity contribution < 1.29 is 9.53 Å². The molecule has 3 rings (SSSR count). The first kappa shape index (κ1) is 19.0. The molecule has 1 amide bonds. The average Bonchev–Trinajstić information content (AvgIpc) is 2.73. The molecular weight excluding hydrogens is 359 g/mol. The second kappa shape index (κ2) is 8.70. The maximum atomic E-state index is 12.5. The van der Waals surface area contributed by atoms with Gasteiger partial charge in [0.15, 0.2) is 0 Å². The van der Waals surface area contributed by atoms with E-state index in [9.17, 15) is 4.79 Å². The SMILES string of the molecule is C=COCCN1C(=O)CN=C(c2ccccc2)c2cc(Cl)ccc21.Cl. The van der Waals surface area contributed by atoms with Crippen molar-refractivity contribution in [2.45, 2.75) is 0 Å². The van der Waals surface area contributed by atoms with Crippen molar-refractivity contribution in [1.29, 1.82) is 0 Å². The van der Waals surface area contributed by atoms with E-state index < -0.39 is 0 Å². The van der Waals surface area contributed by atoms with E-state index in [0.29, 0.717) is 18.2 Å². The Balaban J connectivity index is 0.00000225. The van der Waals surface area contributed by atoms with Gasteiger partial charge in [0.25, 0.3) is 0 Å². The van der Waals surface area contributed by atoms with E-state index in [1.165, 1.54) is 6.26 Å². The van der Waals surface area contributed by atoms with Crippen LogP contribution in [-0.4, -0.2) is 31.3 Å². The molecule has 4 nitrogen and oxygen atoms in total. The van der Waals surface area contributed by atoms with Crippen LogP contribution in [0.15, 0.2) is 66.4 Å². The third-order valence-corrected chi connectivity index (χ3v) is 4.01. The summed E-state index contributed by atoms with van der Waals surface area (Å²) < 4.78 is 5.18. The molecule has 1 aliphatic heterocycles. The number of nitrogens with zero attached hydrogens (tertiary/aromatic N) is 2. The predicted octanol–water partition coefficient (Wildman–Crippen LogP) is 4.11. The molecule has 0 saturated carbocycles. The number of carbonyl (C=O) groups excluding carboxylic acids is 1. The van der Waals surface area contributed by atoms with Gasteiger partial charge in [0, 0.05) is 16.1 Å². The van der Waals surface area contributed by atoms with Crippen LogP contribution in [0.3, 0.4) is 0 Å². The quantitative estimate of drug-likeness (QED) is 0.582. The van der Waals surface area contributed by atoms with Crippen molar-refractivity contribution in [1.82, 2.24) is 0 Å². The molecule has 0 fully saturated rings. The summed E-state index contributed by atoms with van der Waals surface area (Å²) in [5.41, 5.74) is 3.36. The number of benzodiazepines with no additional fused rings is 1. The third kappa shape index (κ3) is 4.21. The number of fused-ring (bicyclic) bond motifs is 1. The molecule has 0 radical (unpaired) electrons. The standard InChI is InChI=1S/C19H17ClN2O2.ClH/c1-2-24-11-10-22-17-9-8-15(20)12-16(17)19(21-13-18(22)23)14-6-4-3-5-7-14;/h2-9,12H,1,10-11,13H2;1H. The number of aliphatic imine (C=N–C) groups is 1. The highest BCUT2D eigenvalue weighted by Gasteiger charge is 2.25. The summed E-state index contributed by atoms with van der Waals surface area (Å²) >= 11 is 6.20. The number of rotatable bonds is 5. The van der Waals surface area contributed by atoms with E-state index in [4.69, 9.17) is 16.3 Å². The summed E-state index contributed by atoms with van der Waals surface area (Å²) in [4.78, 5) is 18.8. The Morgan fingerprint density at radius 3 is 2.72 bits per heavy atom. The first-order valence-corrected chi connectivity index (χ1v) is 8.01. The highest BCUT2D eigenvalue weighted by atomic mass is 35.5. The molecule has 0 atom stereocenters. The lowest BCUT2D eigenvalue weighted by Crippen LogP contribution is -2.35. The fraction of sp³-hybridized carbons (Fsp3) is 0.158. The summed E-state index contributed by atoms with van der Waals surface area (Å²) in [6.45, 7) is 4.41. The number of ether oxygens (including phenoxy) is 1. The average molecular weight is 377 g/mol. The fourth-order valence-corrected chi connectivity index (χ4v) is 2.87. The Morgan fingerprint density at radius 2 is 2.00 bits per heavy atom. The van der Waals surface area contributed by atoms with Gasteiger partial charge in [0.2, 0.25) is 5.91 Å². The van der Waals surface area contributed by atoms with E-state index >= 15 is 0 Å². The van der Waals surface area contributed by atoms with Crippen LogP contribution in [0.25, 0.3) is 0 Å². The zero-order valence-corrected chi connectivity index (χ0v) is 15.1. The summed E-state index contributed by atoms with van der Waals surface area (Å²) in [6.07, 6.45) is 1.37. The maximum Gasteiger partial charge on any atom is 0.248 e. The number of amides is 1. The van der Waals surface area contributed by atoms with Gasteiger partial charge in [-0.05, 0) is 18.2 Å². The Labute approximate surface area is 158 Å². The number of benzene rings is 2. The molecule has 6 heteroatoms. The van der Waals surface area contributed by atoms with Gasteiger partial charge in [0.1, 0.15) is 13.2 Å². The molecule has 0 spiro atoms. The van der Waals surface area contributed by atoms with Crippen LogP contribution < -0.4 is 4.90 Å². The van der Waals surface area contributed by atoms with Crippen LogP contribution in [0.5, 0.6) is 0 Å². The number of hydrogen-bond acceptors (Lipinski definition) is 3. The Kier molecular flexibility index (Phi) is 6.62. The van der Waals surface area contributed by atoms with Gasteiger partial charge >= 0.3 is 0 Å². The largest absolute Gasteiger partial charge is 0.500 e. The zero-order chi connectivity index (χ0) is 16.9. The molecule has 0 N–H and O–H groups in total. The second-order valence-corrected chi connectivity index (χ2v) is 5.71. The van der Waals surface area contributed by atoms with E-state index in [1.54, 1.807) is 11.0 Å². The zero-order valence-electron chi connectivity index (χ0n) is 13.5. The van der Waals surface area contributed by atoms with Gasteiger partial charge in [-0.3, -0.25) is 9.79 Å². The van der Waals surface area contributed by atoms with Crippen LogP contribution in [0, 0.1) is 0 Å². The van der Waals surface area contributed by atoms with Gasteiger partial charge < -0.3 is 9.64 Å². The summed E-state index contributed by atoms with van der Waals surface area (Å²) in [7, 11) is 0. The van der Waals surface area contributed by atoms with E-state index in [2.05, 4.69) is 11.6 Å². The lowest BCUT2D eigenvalue weighted by molar-refractivity contribution is -0.117. The van der Waals surface area contributed by atoms with Crippen molar-refractivity contribution in [2.75, 3.05) is 24.6 Å². The molecule has 1 aliphatic rings. The topological polar surface area (TPSA) is 41.9 Å². The maximum absolute atomic E-state index is 12.5. The highest BCUT2D eigenvalue weighted by Crippen LogP contribution is 2.29. The van der Waals surface area contributed by atoms with Gasteiger partial charge in [-0.1, -0.05) is 48.5 Å². The van der Waals surface area contributed by atoms with Gasteiger partial charge in [-0.15, -0.1) is 12.4 Å². The number of hydrogen-bond donors (Lipinski definition) is 0. The minimum Gasteiger partial charge on any atom is -0.500 e.